The van der Waals surface area contributed by atoms with Crippen LogP contribution in [0.1, 0.15) is 32.6 Å². The van der Waals surface area contributed by atoms with E-state index in [0.717, 1.165) is 23.6 Å². The highest BCUT2D eigenvalue weighted by atomic mass is 79.9. The van der Waals surface area contributed by atoms with Gasteiger partial charge in [0.2, 0.25) is 17.8 Å². The molecule has 37 heavy (non-hydrogen) atoms. The minimum atomic E-state index is -0.412. The number of halogens is 1. The summed E-state index contributed by atoms with van der Waals surface area (Å²) in [7, 11) is 1.67. The lowest BCUT2D eigenvalue weighted by atomic mass is 9.87. The van der Waals surface area contributed by atoms with E-state index in [-0.39, 0.29) is 30.8 Å². The van der Waals surface area contributed by atoms with Crippen LogP contribution in [-0.4, -0.2) is 56.2 Å². The number of nitrogens with zero attached hydrogens (tertiary/aromatic N) is 5. The number of benzene rings is 1. The summed E-state index contributed by atoms with van der Waals surface area (Å²) >= 11 is 3.52. The summed E-state index contributed by atoms with van der Waals surface area (Å²) in [5.41, 5.74) is 7.68. The van der Waals surface area contributed by atoms with E-state index in [2.05, 4.69) is 46.9 Å². The smallest absolute Gasteiger partial charge is 0.225 e. The molecule has 0 spiro atoms. The molecule has 0 aliphatic heterocycles. The number of pyridine rings is 1. The van der Waals surface area contributed by atoms with Crippen LogP contribution >= 0.6 is 15.9 Å². The Bertz CT molecular complexity index is 1500. The third kappa shape index (κ3) is 4.86. The van der Waals surface area contributed by atoms with E-state index in [9.17, 15) is 9.59 Å². The standard InChI is InChI=1S/C25H28BrN9O2/c1-25(23(37)28-2)7-5-15(12-25)31-24-30-13-17-21(26)34-35(22(17)33-24)16-10-14-4-3-9-29-20(14)18(11-16)32-19(36)6-8-27/h3-4,9-11,13,15H,5-8,12,27H2,1-2H3,(H,28,37)(H,32,36)(H,30,31,33)/t15-,25-/m1/s1. The molecule has 3 aromatic heterocycles. The average Bonchev–Trinajstić information content (AvgIpc) is 3.43. The molecule has 1 saturated carbocycles. The summed E-state index contributed by atoms with van der Waals surface area (Å²) in [6.45, 7) is 2.24. The van der Waals surface area contributed by atoms with Crippen LogP contribution < -0.4 is 21.7 Å². The number of nitrogens with one attached hydrogen (secondary N) is 3. The molecule has 1 aromatic carbocycles. The molecule has 0 radical (unpaired) electrons. The lowest BCUT2D eigenvalue weighted by Crippen LogP contribution is -2.35. The fourth-order valence-corrected chi connectivity index (χ4v) is 5.35. The van der Waals surface area contributed by atoms with Gasteiger partial charge in [-0.1, -0.05) is 13.0 Å². The predicted molar refractivity (Wildman–Crippen MR) is 145 cm³/mol. The van der Waals surface area contributed by atoms with E-state index < -0.39 is 5.41 Å². The van der Waals surface area contributed by atoms with E-state index in [4.69, 9.17) is 10.7 Å². The molecule has 1 aliphatic rings. The molecule has 1 aliphatic carbocycles. The Morgan fingerprint density at radius 3 is 2.92 bits per heavy atom. The molecule has 1 fully saturated rings. The van der Waals surface area contributed by atoms with Crippen LogP contribution in [-0.2, 0) is 9.59 Å². The SMILES string of the molecule is CNC(=O)[C@]1(C)CC[C@@H](Nc2ncc3c(Br)nn(-c4cc(NC(=O)CCN)c5ncccc5c4)c3n2)C1. The number of nitrogens with two attached hydrogens (primary N) is 1. The fraction of sp³-hybridized carbons (Fsp3) is 0.360. The summed E-state index contributed by atoms with van der Waals surface area (Å²) in [5, 5.41) is 15.3. The van der Waals surface area contributed by atoms with Gasteiger partial charge in [0.1, 0.15) is 4.60 Å². The number of fused-ring (bicyclic) bond motifs is 2. The predicted octanol–water partition coefficient (Wildman–Crippen LogP) is 3.13. The molecule has 5 rings (SSSR count). The molecule has 2 amide bonds. The molecule has 4 aromatic rings. The fourth-order valence-electron chi connectivity index (χ4n) is 4.91. The molecule has 0 saturated heterocycles. The highest BCUT2D eigenvalue weighted by Crippen LogP contribution is 2.39. The van der Waals surface area contributed by atoms with Gasteiger partial charge in [-0.05, 0) is 53.4 Å². The zero-order valence-electron chi connectivity index (χ0n) is 20.6. The van der Waals surface area contributed by atoms with Crippen LogP contribution in [0.3, 0.4) is 0 Å². The topological polar surface area (TPSA) is 153 Å². The zero-order chi connectivity index (χ0) is 26.2. The van der Waals surface area contributed by atoms with Crippen molar-refractivity contribution in [1.29, 1.82) is 0 Å². The number of rotatable bonds is 7. The van der Waals surface area contributed by atoms with Crippen molar-refractivity contribution in [3.05, 3.63) is 41.3 Å². The van der Waals surface area contributed by atoms with Crippen molar-refractivity contribution < 1.29 is 9.59 Å². The number of carbonyl (C=O) groups excluding carboxylic acids is 2. The Balaban J connectivity index is 1.51. The third-order valence-corrected chi connectivity index (χ3v) is 7.39. The van der Waals surface area contributed by atoms with Gasteiger partial charge in [0.25, 0.3) is 0 Å². The van der Waals surface area contributed by atoms with Crippen LogP contribution in [0.15, 0.2) is 41.3 Å². The number of amides is 2. The van der Waals surface area contributed by atoms with Gasteiger partial charge in [0, 0.05) is 49.2 Å². The van der Waals surface area contributed by atoms with Gasteiger partial charge < -0.3 is 21.7 Å². The van der Waals surface area contributed by atoms with Crippen LogP contribution in [0.2, 0.25) is 0 Å². The first kappa shape index (κ1) is 25.0. The lowest BCUT2D eigenvalue weighted by Gasteiger charge is -2.22. The van der Waals surface area contributed by atoms with Crippen molar-refractivity contribution in [2.75, 3.05) is 24.2 Å². The molecule has 192 valence electrons. The molecule has 11 nitrogen and oxygen atoms in total. The van der Waals surface area contributed by atoms with Crippen LogP contribution in [0.25, 0.3) is 27.6 Å². The Labute approximate surface area is 221 Å². The van der Waals surface area contributed by atoms with Crippen LogP contribution in [0.5, 0.6) is 0 Å². The lowest BCUT2D eigenvalue weighted by molar-refractivity contribution is -0.129. The summed E-state index contributed by atoms with van der Waals surface area (Å²) in [6.07, 6.45) is 5.94. The van der Waals surface area contributed by atoms with Crippen molar-refractivity contribution in [3.8, 4) is 5.69 Å². The Morgan fingerprint density at radius 1 is 1.30 bits per heavy atom. The maximum atomic E-state index is 12.3. The van der Waals surface area contributed by atoms with Crippen LogP contribution in [0, 0.1) is 5.41 Å². The van der Waals surface area contributed by atoms with Gasteiger partial charge in [-0.15, -0.1) is 0 Å². The minimum absolute atomic E-state index is 0.0512. The third-order valence-electron chi connectivity index (χ3n) is 6.81. The Kier molecular flexibility index (Phi) is 6.78. The van der Waals surface area contributed by atoms with Gasteiger partial charge in [-0.25, -0.2) is 9.67 Å². The zero-order valence-corrected chi connectivity index (χ0v) is 22.2. The van der Waals surface area contributed by atoms with Crippen LogP contribution in [0.4, 0.5) is 11.6 Å². The monoisotopic (exact) mass is 565 g/mol. The molecule has 5 N–H and O–H groups in total. The molecular formula is C25H28BrN9O2. The summed E-state index contributed by atoms with van der Waals surface area (Å²) < 4.78 is 2.31. The summed E-state index contributed by atoms with van der Waals surface area (Å²) in [6, 6.07) is 7.62. The molecular weight excluding hydrogens is 538 g/mol. The maximum Gasteiger partial charge on any atom is 0.225 e. The van der Waals surface area contributed by atoms with Gasteiger partial charge >= 0.3 is 0 Å². The first-order valence-corrected chi connectivity index (χ1v) is 12.9. The molecule has 0 unspecified atom stereocenters. The number of anilines is 2. The summed E-state index contributed by atoms with van der Waals surface area (Å²) in [5.74, 6) is 0.328. The number of aromatic nitrogens is 5. The largest absolute Gasteiger partial charge is 0.359 e. The van der Waals surface area contributed by atoms with Crippen molar-refractivity contribution in [1.82, 2.24) is 30.0 Å². The minimum Gasteiger partial charge on any atom is -0.359 e. The second-order valence-electron chi connectivity index (χ2n) is 9.51. The van der Waals surface area contributed by atoms with Crippen molar-refractivity contribution in [2.45, 2.75) is 38.6 Å². The molecule has 0 bridgehead atoms. The highest BCUT2D eigenvalue weighted by molar-refractivity contribution is 9.10. The van der Waals surface area contributed by atoms with Crippen molar-refractivity contribution >= 4 is 61.3 Å². The normalized spacial score (nSPS) is 19.3. The average molecular weight is 566 g/mol. The second kappa shape index (κ2) is 10.0. The van der Waals surface area contributed by atoms with Gasteiger partial charge in [0.05, 0.1) is 22.3 Å². The van der Waals surface area contributed by atoms with E-state index in [1.165, 1.54) is 0 Å². The maximum absolute atomic E-state index is 12.3. The van der Waals surface area contributed by atoms with E-state index in [1.54, 1.807) is 24.1 Å². The van der Waals surface area contributed by atoms with Gasteiger partial charge in [-0.3, -0.25) is 14.6 Å². The van der Waals surface area contributed by atoms with Crippen molar-refractivity contribution in [2.24, 2.45) is 11.1 Å². The van der Waals surface area contributed by atoms with Gasteiger partial charge in [-0.2, -0.15) is 10.1 Å². The van der Waals surface area contributed by atoms with E-state index >= 15 is 0 Å². The summed E-state index contributed by atoms with van der Waals surface area (Å²) in [4.78, 5) is 38.4. The second-order valence-corrected chi connectivity index (χ2v) is 10.3. The first-order valence-electron chi connectivity index (χ1n) is 12.1. The first-order chi connectivity index (χ1) is 17.8. The highest BCUT2D eigenvalue weighted by Gasteiger charge is 2.41. The number of hydrogen-bond acceptors (Lipinski definition) is 8. The quantitative estimate of drug-likeness (QED) is 0.266. The van der Waals surface area contributed by atoms with Crippen molar-refractivity contribution in [3.63, 3.8) is 0 Å². The Morgan fingerprint density at radius 2 is 2.14 bits per heavy atom. The molecule has 2 atom stereocenters. The molecule has 12 heteroatoms. The van der Waals surface area contributed by atoms with E-state index in [1.807, 2.05) is 31.2 Å². The van der Waals surface area contributed by atoms with E-state index in [0.29, 0.717) is 39.5 Å². The Hall–Kier alpha value is -3.64. The van der Waals surface area contributed by atoms with Gasteiger partial charge in [0.15, 0.2) is 5.65 Å². The number of carbonyl (C=O) groups is 2. The number of hydrogen-bond donors (Lipinski definition) is 4. The molecule has 3 heterocycles.